The molecule has 1 aliphatic heterocycles. The number of hydrogen-bond acceptors (Lipinski definition) is 2. The number of benzene rings is 2. The Morgan fingerprint density at radius 3 is 2.56 bits per heavy atom. The molecule has 2 aromatic rings. The molecule has 142 valence electrons. The Hall–Kier alpha value is -2.37. The van der Waals surface area contributed by atoms with Crippen molar-refractivity contribution < 1.29 is 14.5 Å². The van der Waals surface area contributed by atoms with Crippen LogP contribution in [0.1, 0.15) is 28.8 Å². The highest BCUT2D eigenvalue weighted by atomic mass is 35.5. The fraction of sp³-hybridized carbons (Fsp3) is 0.333. The molecule has 0 atom stereocenters. The first-order valence-corrected chi connectivity index (χ1v) is 9.64. The predicted molar refractivity (Wildman–Crippen MR) is 107 cm³/mol. The molecule has 3 rings (SSSR count). The Balaban J connectivity index is 1.44. The summed E-state index contributed by atoms with van der Waals surface area (Å²) in [6, 6.07) is 14.9. The molecule has 3 N–H and O–H groups in total. The number of anilines is 1. The summed E-state index contributed by atoms with van der Waals surface area (Å²) in [6.07, 6.45) is 1.74. The van der Waals surface area contributed by atoms with Crippen LogP contribution in [0.4, 0.5) is 5.69 Å². The molecule has 0 saturated carbocycles. The van der Waals surface area contributed by atoms with Crippen LogP contribution in [0.25, 0.3) is 0 Å². The van der Waals surface area contributed by atoms with Crippen molar-refractivity contribution in [3.05, 3.63) is 64.7 Å². The van der Waals surface area contributed by atoms with Crippen molar-refractivity contribution >= 4 is 29.1 Å². The van der Waals surface area contributed by atoms with E-state index in [1.807, 2.05) is 43.3 Å². The molecule has 27 heavy (non-hydrogen) atoms. The average molecular weight is 387 g/mol. The molecular formula is C21H25ClN3O2+. The number of carbonyl (C=O) groups excluding carboxylic acids is 2. The second kappa shape index (κ2) is 9.02. The van der Waals surface area contributed by atoms with Crippen LogP contribution in [0.5, 0.6) is 0 Å². The minimum absolute atomic E-state index is 0.0137. The summed E-state index contributed by atoms with van der Waals surface area (Å²) in [4.78, 5) is 25.9. The van der Waals surface area contributed by atoms with E-state index >= 15 is 0 Å². The highest BCUT2D eigenvalue weighted by molar-refractivity contribution is 6.30. The zero-order valence-electron chi connectivity index (χ0n) is 15.4. The van der Waals surface area contributed by atoms with Gasteiger partial charge in [0.05, 0.1) is 13.1 Å². The van der Waals surface area contributed by atoms with Crippen molar-refractivity contribution in [3.8, 4) is 0 Å². The van der Waals surface area contributed by atoms with Crippen LogP contribution in [-0.2, 0) is 4.79 Å². The summed E-state index contributed by atoms with van der Waals surface area (Å²) in [6.45, 7) is 4.09. The highest BCUT2D eigenvalue weighted by Gasteiger charge is 2.25. The van der Waals surface area contributed by atoms with Crippen LogP contribution in [0.3, 0.4) is 0 Å². The number of piperidine rings is 1. The zero-order chi connectivity index (χ0) is 19.2. The van der Waals surface area contributed by atoms with E-state index in [2.05, 4.69) is 10.6 Å². The number of hydrogen-bond donors (Lipinski definition) is 3. The number of rotatable bonds is 5. The van der Waals surface area contributed by atoms with E-state index in [9.17, 15) is 9.59 Å². The molecule has 2 aromatic carbocycles. The summed E-state index contributed by atoms with van der Waals surface area (Å²) in [5, 5.41) is 6.62. The van der Waals surface area contributed by atoms with Crippen molar-refractivity contribution in [1.29, 1.82) is 0 Å². The number of amides is 2. The quantitative estimate of drug-likeness (QED) is 0.736. The maximum Gasteiger partial charge on any atom is 0.279 e. The van der Waals surface area contributed by atoms with E-state index in [0.717, 1.165) is 37.1 Å². The minimum Gasteiger partial charge on any atom is -0.349 e. The summed E-state index contributed by atoms with van der Waals surface area (Å²) in [5.41, 5.74) is 2.43. The van der Waals surface area contributed by atoms with Gasteiger partial charge in [0, 0.05) is 35.2 Å². The van der Waals surface area contributed by atoms with Crippen LogP contribution < -0.4 is 15.5 Å². The van der Waals surface area contributed by atoms with Gasteiger partial charge in [-0.15, -0.1) is 0 Å². The van der Waals surface area contributed by atoms with Crippen LogP contribution in [0.15, 0.2) is 48.5 Å². The number of likely N-dealkylation sites (tertiary alicyclic amines) is 1. The lowest BCUT2D eigenvalue weighted by Crippen LogP contribution is -3.14. The van der Waals surface area contributed by atoms with Crippen LogP contribution >= 0.6 is 11.6 Å². The first-order chi connectivity index (χ1) is 13.0. The Morgan fingerprint density at radius 1 is 1.11 bits per heavy atom. The molecule has 0 radical (unpaired) electrons. The minimum atomic E-state index is -0.0188. The third-order valence-electron chi connectivity index (χ3n) is 4.94. The van der Waals surface area contributed by atoms with Crippen molar-refractivity contribution in [2.45, 2.75) is 25.8 Å². The van der Waals surface area contributed by atoms with E-state index in [1.54, 1.807) is 12.1 Å². The van der Waals surface area contributed by atoms with E-state index in [0.29, 0.717) is 17.3 Å². The number of quaternary nitrogens is 1. The number of nitrogens with one attached hydrogen (secondary N) is 3. The van der Waals surface area contributed by atoms with Crippen LogP contribution in [0, 0.1) is 6.92 Å². The first kappa shape index (κ1) is 19.4. The number of aryl methyl sites for hydroxylation is 1. The Bertz CT molecular complexity index is 817. The van der Waals surface area contributed by atoms with Gasteiger partial charge >= 0.3 is 0 Å². The lowest BCUT2D eigenvalue weighted by molar-refractivity contribution is -0.897. The molecule has 0 unspecified atom stereocenters. The zero-order valence-corrected chi connectivity index (χ0v) is 16.2. The molecule has 0 bridgehead atoms. The Morgan fingerprint density at radius 2 is 1.85 bits per heavy atom. The predicted octanol–water partition coefficient (Wildman–Crippen LogP) is 2.06. The fourth-order valence-electron chi connectivity index (χ4n) is 3.44. The smallest absolute Gasteiger partial charge is 0.279 e. The van der Waals surface area contributed by atoms with E-state index in [1.165, 1.54) is 4.90 Å². The summed E-state index contributed by atoms with van der Waals surface area (Å²) in [7, 11) is 0. The van der Waals surface area contributed by atoms with Crippen LogP contribution in [-0.4, -0.2) is 37.5 Å². The monoisotopic (exact) mass is 386 g/mol. The SMILES string of the molecule is Cc1ccccc1C(=O)NC1CC[NH+](CC(=O)Nc2cccc(Cl)c2)CC1. The molecule has 1 aliphatic rings. The van der Waals surface area contributed by atoms with Crippen molar-refractivity contribution in [1.82, 2.24) is 5.32 Å². The molecule has 1 heterocycles. The molecule has 1 saturated heterocycles. The summed E-state index contributed by atoms with van der Waals surface area (Å²) in [5.74, 6) is -0.0325. The molecule has 1 fully saturated rings. The lowest BCUT2D eigenvalue weighted by atomic mass is 10.0. The second-order valence-electron chi connectivity index (χ2n) is 7.05. The molecule has 0 spiro atoms. The van der Waals surface area contributed by atoms with Crippen molar-refractivity contribution in [2.75, 3.05) is 25.0 Å². The third kappa shape index (κ3) is 5.55. The van der Waals surface area contributed by atoms with Gasteiger partial charge < -0.3 is 15.5 Å². The highest BCUT2D eigenvalue weighted by Crippen LogP contribution is 2.14. The topological polar surface area (TPSA) is 62.6 Å². The standard InChI is InChI=1S/C21H24ClN3O2/c1-15-5-2-3-8-19(15)21(27)24-17-9-11-25(12-10-17)14-20(26)23-18-7-4-6-16(22)13-18/h2-8,13,17H,9-12,14H2,1H3,(H,23,26)(H,24,27)/p+1. The average Bonchev–Trinajstić information content (AvgIpc) is 2.63. The molecule has 0 aromatic heterocycles. The maximum atomic E-state index is 12.4. The Kier molecular flexibility index (Phi) is 6.48. The van der Waals surface area contributed by atoms with Gasteiger partial charge in [-0.05, 0) is 36.8 Å². The first-order valence-electron chi connectivity index (χ1n) is 9.27. The van der Waals surface area contributed by atoms with Gasteiger partial charge in [-0.25, -0.2) is 0 Å². The summed E-state index contributed by atoms with van der Waals surface area (Å²) >= 11 is 5.94. The van der Waals surface area contributed by atoms with Crippen molar-refractivity contribution in [2.24, 2.45) is 0 Å². The van der Waals surface area contributed by atoms with Gasteiger partial charge in [0.15, 0.2) is 6.54 Å². The van der Waals surface area contributed by atoms with E-state index < -0.39 is 0 Å². The van der Waals surface area contributed by atoms with E-state index in [4.69, 9.17) is 11.6 Å². The number of halogens is 1. The lowest BCUT2D eigenvalue weighted by Gasteiger charge is -2.29. The largest absolute Gasteiger partial charge is 0.349 e. The maximum absolute atomic E-state index is 12.4. The third-order valence-corrected chi connectivity index (χ3v) is 5.17. The van der Waals surface area contributed by atoms with Crippen LogP contribution in [0.2, 0.25) is 5.02 Å². The second-order valence-corrected chi connectivity index (χ2v) is 7.48. The normalized spacial score (nSPS) is 19.3. The van der Waals surface area contributed by atoms with Gasteiger partial charge in [-0.2, -0.15) is 0 Å². The molecule has 5 nitrogen and oxygen atoms in total. The summed E-state index contributed by atoms with van der Waals surface area (Å²) < 4.78 is 0. The Labute approximate surface area is 164 Å². The molecular weight excluding hydrogens is 362 g/mol. The number of carbonyl (C=O) groups is 2. The molecule has 2 amide bonds. The van der Waals surface area contributed by atoms with Gasteiger partial charge in [-0.1, -0.05) is 35.9 Å². The van der Waals surface area contributed by atoms with Gasteiger partial charge in [0.25, 0.3) is 11.8 Å². The molecule has 0 aliphatic carbocycles. The fourth-order valence-corrected chi connectivity index (χ4v) is 3.63. The van der Waals surface area contributed by atoms with Gasteiger partial charge in [0.1, 0.15) is 0 Å². The van der Waals surface area contributed by atoms with Crippen molar-refractivity contribution in [3.63, 3.8) is 0 Å². The van der Waals surface area contributed by atoms with Gasteiger partial charge in [-0.3, -0.25) is 9.59 Å². The van der Waals surface area contributed by atoms with Gasteiger partial charge in [0.2, 0.25) is 0 Å². The molecule has 6 heteroatoms. The van der Waals surface area contributed by atoms with E-state index in [-0.39, 0.29) is 17.9 Å².